The molecule has 0 heterocycles. The molecule has 4 rings (SSSR count). The minimum Gasteiger partial charge on any atom is -0.507 e. The maximum absolute atomic E-state index is 13.3. The molecule has 1 fully saturated rings. The standard InChI is InChI=1S/C30H31NO8/c1-37-28(34)13-8-19-15-20(7-12-27(19)38-17-18-6-10-24(30(31)36)25(32)14-18)29(35)23-11-9-22(16-26(23)33)39-21-4-2-3-5-21/h6-7,9-12,14-16,21,32-33H,2-5,8,13,17H2,1H3,(H2,31,36). The predicted octanol–water partition coefficient (Wildman–Crippen LogP) is 4.43. The molecule has 9 heteroatoms. The van der Waals surface area contributed by atoms with Gasteiger partial charge in [0.25, 0.3) is 5.91 Å². The molecule has 1 aliphatic carbocycles. The molecule has 3 aromatic rings. The number of hydrogen-bond acceptors (Lipinski definition) is 8. The van der Waals surface area contributed by atoms with Crippen LogP contribution in [0.3, 0.4) is 0 Å². The number of esters is 1. The van der Waals surface area contributed by atoms with Gasteiger partial charge in [-0.2, -0.15) is 0 Å². The quantitative estimate of drug-likeness (QED) is 0.242. The Kier molecular flexibility index (Phi) is 8.70. The van der Waals surface area contributed by atoms with Crippen molar-refractivity contribution in [1.82, 2.24) is 0 Å². The number of methoxy groups -OCH3 is 1. The molecule has 1 amide bonds. The number of benzene rings is 3. The van der Waals surface area contributed by atoms with Gasteiger partial charge in [-0.05, 0) is 85.7 Å². The van der Waals surface area contributed by atoms with E-state index in [1.54, 1.807) is 36.4 Å². The maximum Gasteiger partial charge on any atom is 0.305 e. The van der Waals surface area contributed by atoms with Crippen molar-refractivity contribution in [2.45, 2.75) is 51.2 Å². The van der Waals surface area contributed by atoms with Crippen molar-refractivity contribution >= 4 is 17.7 Å². The van der Waals surface area contributed by atoms with E-state index < -0.39 is 17.7 Å². The topological polar surface area (TPSA) is 145 Å². The Morgan fingerprint density at radius 2 is 1.64 bits per heavy atom. The van der Waals surface area contributed by atoms with E-state index in [1.165, 1.54) is 25.3 Å². The number of carbonyl (C=O) groups is 3. The van der Waals surface area contributed by atoms with Crippen LogP contribution in [0.5, 0.6) is 23.0 Å². The highest BCUT2D eigenvalue weighted by atomic mass is 16.5. The van der Waals surface area contributed by atoms with E-state index >= 15 is 0 Å². The normalized spacial score (nSPS) is 13.2. The molecule has 9 nitrogen and oxygen atoms in total. The van der Waals surface area contributed by atoms with Crippen LogP contribution in [0.25, 0.3) is 0 Å². The van der Waals surface area contributed by atoms with Crippen LogP contribution in [0.4, 0.5) is 0 Å². The lowest BCUT2D eigenvalue weighted by molar-refractivity contribution is -0.140. The highest BCUT2D eigenvalue weighted by molar-refractivity contribution is 6.11. The van der Waals surface area contributed by atoms with E-state index in [0.29, 0.717) is 28.2 Å². The fourth-order valence-electron chi connectivity index (χ4n) is 4.56. The number of rotatable bonds is 11. The van der Waals surface area contributed by atoms with Gasteiger partial charge in [-0.3, -0.25) is 14.4 Å². The molecule has 4 N–H and O–H groups in total. The lowest BCUT2D eigenvalue weighted by Crippen LogP contribution is -2.11. The van der Waals surface area contributed by atoms with Crippen LogP contribution in [0, 0.1) is 0 Å². The van der Waals surface area contributed by atoms with E-state index in [0.717, 1.165) is 25.7 Å². The molecule has 0 bridgehead atoms. The predicted molar refractivity (Wildman–Crippen MR) is 142 cm³/mol. The summed E-state index contributed by atoms with van der Waals surface area (Å²) in [5.74, 6) is -1.03. The number of amides is 1. The van der Waals surface area contributed by atoms with Gasteiger partial charge < -0.3 is 30.2 Å². The monoisotopic (exact) mass is 533 g/mol. The number of aryl methyl sites for hydroxylation is 1. The molecule has 0 spiro atoms. The van der Waals surface area contributed by atoms with Crippen molar-refractivity contribution in [3.63, 3.8) is 0 Å². The second-order valence-corrected chi connectivity index (χ2v) is 9.44. The number of aromatic hydroxyl groups is 2. The van der Waals surface area contributed by atoms with E-state index in [2.05, 4.69) is 0 Å². The lowest BCUT2D eigenvalue weighted by Gasteiger charge is -2.15. The van der Waals surface area contributed by atoms with Crippen molar-refractivity contribution in [3.05, 3.63) is 82.4 Å². The summed E-state index contributed by atoms with van der Waals surface area (Å²) in [6.45, 7) is 0.0500. The van der Waals surface area contributed by atoms with Crippen molar-refractivity contribution in [3.8, 4) is 23.0 Å². The zero-order chi connectivity index (χ0) is 27.9. The summed E-state index contributed by atoms with van der Waals surface area (Å²) < 4.78 is 16.6. The van der Waals surface area contributed by atoms with Crippen LogP contribution in [-0.2, 0) is 22.6 Å². The number of phenols is 2. The van der Waals surface area contributed by atoms with Gasteiger partial charge in [-0.15, -0.1) is 0 Å². The Balaban J connectivity index is 1.54. The van der Waals surface area contributed by atoms with E-state index in [4.69, 9.17) is 19.9 Å². The molecule has 0 aromatic heterocycles. The van der Waals surface area contributed by atoms with Gasteiger partial charge in [0.1, 0.15) is 29.6 Å². The number of ketones is 1. The molecular weight excluding hydrogens is 502 g/mol. The Hall–Kier alpha value is -4.53. The van der Waals surface area contributed by atoms with Gasteiger partial charge in [0.2, 0.25) is 0 Å². The maximum atomic E-state index is 13.3. The van der Waals surface area contributed by atoms with Gasteiger partial charge in [-0.1, -0.05) is 6.07 Å². The molecule has 3 aromatic carbocycles. The molecular formula is C30H31NO8. The molecule has 0 saturated heterocycles. The molecule has 1 aliphatic rings. The summed E-state index contributed by atoms with van der Waals surface area (Å²) >= 11 is 0. The Morgan fingerprint density at radius 1 is 0.923 bits per heavy atom. The second kappa shape index (κ2) is 12.3. The van der Waals surface area contributed by atoms with Gasteiger partial charge in [0, 0.05) is 18.1 Å². The average Bonchev–Trinajstić information content (AvgIpc) is 3.43. The van der Waals surface area contributed by atoms with Crippen molar-refractivity contribution in [2.75, 3.05) is 7.11 Å². The molecule has 39 heavy (non-hydrogen) atoms. The Morgan fingerprint density at radius 3 is 2.31 bits per heavy atom. The van der Waals surface area contributed by atoms with Crippen LogP contribution in [-0.4, -0.2) is 41.1 Å². The molecule has 0 atom stereocenters. The minimum absolute atomic E-state index is 0.00164. The number of ether oxygens (including phenoxy) is 3. The first kappa shape index (κ1) is 27.5. The van der Waals surface area contributed by atoms with Crippen LogP contribution in [0.2, 0.25) is 0 Å². The second-order valence-electron chi connectivity index (χ2n) is 9.44. The fraction of sp³-hybridized carbons (Fsp3) is 0.300. The van der Waals surface area contributed by atoms with Gasteiger partial charge in [0.05, 0.1) is 24.3 Å². The molecule has 0 unspecified atom stereocenters. The lowest BCUT2D eigenvalue weighted by atomic mass is 9.98. The third-order valence-electron chi connectivity index (χ3n) is 6.69. The first-order chi connectivity index (χ1) is 18.7. The first-order valence-corrected chi connectivity index (χ1v) is 12.7. The van der Waals surface area contributed by atoms with Crippen LogP contribution in [0.15, 0.2) is 54.6 Å². The number of phenolic OH excluding ortho intramolecular Hbond substituents is 1. The number of carbonyl (C=O) groups excluding carboxylic acids is 3. The van der Waals surface area contributed by atoms with Crippen molar-refractivity contribution < 1.29 is 38.8 Å². The molecule has 0 aliphatic heterocycles. The molecule has 0 radical (unpaired) electrons. The van der Waals surface area contributed by atoms with Crippen molar-refractivity contribution in [1.29, 1.82) is 0 Å². The molecule has 1 saturated carbocycles. The summed E-state index contributed by atoms with van der Waals surface area (Å²) in [4.78, 5) is 36.4. The van der Waals surface area contributed by atoms with Gasteiger partial charge >= 0.3 is 5.97 Å². The highest BCUT2D eigenvalue weighted by Gasteiger charge is 2.20. The van der Waals surface area contributed by atoms with Crippen LogP contribution < -0.4 is 15.2 Å². The van der Waals surface area contributed by atoms with Crippen LogP contribution in [0.1, 0.15) is 69.5 Å². The van der Waals surface area contributed by atoms with Gasteiger partial charge in [-0.25, -0.2) is 0 Å². The van der Waals surface area contributed by atoms with E-state index in [9.17, 15) is 24.6 Å². The third-order valence-corrected chi connectivity index (χ3v) is 6.69. The fourth-order valence-corrected chi connectivity index (χ4v) is 4.56. The summed E-state index contributed by atoms with van der Waals surface area (Å²) in [6, 6.07) is 13.9. The average molecular weight is 534 g/mol. The van der Waals surface area contributed by atoms with E-state index in [-0.39, 0.29) is 48.2 Å². The zero-order valence-electron chi connectivity index (χ0n) is 21.6. The van der Waals surface area contributed by atoms with Crippen molar-refractivity contribution in [2.24, 2.45) is 5.73 Å². The summed E-state index contributed by atoms with van der Waals surface area (Å²) in [6.07, 6.45) is 4.63. The zero-order valence-corrected chi connectivity index (χ0v) is 21.6. The minimum atomic E-state index is -0.743. The summed E-state index contributed by atoms with van der Waals surface area (Å²) in [5, 5.41) is 20.6. The Labute approximate surface area is 226 Å². The summed E-state index contributed by atoms with van der Waals surface area (Å²) in [5.41, 5.74) is 6.85. The third kappa shape index (κ3) is 6.87. The number of nitrogens with two attached hydrogens (primary N) is 1. The van der Waals surface area contributed by atoms with E-state index in [1.807, 2.05) is 0 Å². The number of primary amides is 1. The highest BCUT2D eigenvalue weighted by Crippen LogP contribution is 2.31. The largest absolute Gasteiger partial charge is 0.507 e. The van der Waals surface area contributed by atoms with Gasteiger partial charge in [0.15, 0.2) is 5.78 Å². The Bertz CT molecular complexity index is 1380. The smallest absolute Gasteiger partial charge is 0.305 e. The first-order valence-electron chi connectivity index (χ1n) is 12.7. The molecule has 204 valence electrons. The SMILES string of the molecule is COC(=O)CCc1cc(C(=O)c2ccc(OC3CCCC3)cc2O)ccc1OCc1ccc(C(N)=O)c(O)c1. The summed E-state index contributed by atoms with van der Waals surface area (Å²) in [7, 11) is 1.30. The number of hydrogen-bond donors (Lipinski definition) is 3. The van der Waals surface area contributed by atoms with Crippen LogP contribution >= 0.6 is 0 Å².